The summed E-state index contributed by atoms with van der Waals surface area (Å²) in [5.74, 6) is -1.62. The maximum absolute atomic E-state index is 12.6. The Morgan fingerprint density at radius 1 is 0.943 bits per heavy atom. The summed E-state index contributed by atoms with van der Waals surface area (Å²) < 4.78 is 0. The molecule has 2 aromatic rings. The van der Waals surface area contributed by atoms with Crippen LogP contribution in [0.3, 0.4) is 0 Å². The van der Waals surface area contributed by atoms with Crippen molar-refractivity contribution < 1.29 is 29.4 Å². The number of amides is 1. The van der Waals surface area contributed by atoms with Crippen LogP contribution in [-0.4, -0.2) is 69.8 Å². The largest absolute Gasteiger partial charge is 0.478 e. The monoisotopic (exact) mass is 478 g/mol. The van der Waals surface area contributed by atoms with Crippen molar-refractivity contribution in [3.63, 3.8) is 0 Å². The Morgan fingerprint density at radius 2 is 1.54 bits per heavy atom. The number of Topliss-reactive ketones (excluding diaryl/α,β-unsaturated/α-hetero) is 1. The molecule has 2 aromatic carbocycles. The number of rotatable bonds is 7. The molecule has 2 N–H and O–H groups in total. The molecule has 184 valence electrons. The van der Waals surface area contributed by atoms with Crippen molar-refractivity contribution in [1.29, 1.82) is 0 Å². The van der Waals surface area contributed by atoms with Gasteiger partial charge in [-0.25, -0.2) is 9.59 Å². The van der Waals surface area contributed by atoms with Gasteiger partial charge in [0.15, 0.2) is 5.78 Å². The van der Waals surface area contributed by atoms with Crippen LogP contribution in [0.4, 0.5) is 0 Å². The number of carboxylic acid groups (broad SMARTS) is 2. The highest BCUT2D eigenvalue weighted by Crippen LogP contribution is 2.26. The highest BCUT2D eigenvalue weighted by Gasteiger charge is 2.30. The molecular formula is C27H30N2O6. The van der Waals surface area contributed by atoms with Gasteiger partial charge < -0.3 is 15.1 Å². The lowest BCUT2D eigenvalue weighted by molar-refractivity contribution is -0.134. The fourth-order valence-electron chi connectivity index (χ4n) is 4.42. The first-order valence-electron chi connectivity index (χ1n) is 11.6. The average molecular weight is 479 g/mol. The van der Waals surface area contributed by atoms with E-state index in [1.807, 2.05) is 60.4 Å². The Kier molecular flexibility index (Phi) is 8.92. The second-order valence-corrected chi connectivity index (χ2v) is 8.81. The fraction of sp³-hybridized carbons (Fsp3) is 0.333. The molecule has 0 radical (unpaired) electrons. The predicted molar refractivity (Wildman–Crippen MR) is 130 cm³/mol. The van der Waals surface area contributed by atoms with Crippen molar-refractivity contribution in [1.82, 2.24) is 9.80 Å². The Balaban J connectivity index is 0.000000371. The minimum atomic E-state index is -1.26. The van der Waals surface area contributed by atoms with E-state index in [2.05, 4.69) is 4.90 Å². The van der Waals surface area contributed by atoms with Crippen LogP contribution in [0.1, 0.15) is 44.7 Å². The zero-order valence-corrected chi connectivity index (χ0v) is 19.7. The first-order chi connectivity index (χ1) is 16.7. The van der Waals surface area contributed by atoms with Crippen LogP contribution in [0.5, 0.6) is 0 Å². The van der Waals surface area contributed by atoms with E-state index in [0.717, 1.165) is 61.3 Å². The molecule has 0 atom stereocenters. The summed E-state index contributed by atoms with van der Waals surface area (Å²) in [4.78, 5) is 48.5. The van der Waals surface area contributed by atoms with Crippen LogP contribution in [-0.2, 0) is 16.1 Å². The van der Waals surface area contributed by atoms with Gasteiger partial charge in [0.1, 0.15) is 0 Å². The molecule has 8 nitrogen and oxygen atoms in total. The van der Waals surface area contributed by atoms with E-state index in [0.29, 0.717) is 24.6 Å². The zero-order valence-electron chi connectivity index (χ0n) is 19.7. The summed E-state index contributed by atoms with van der Waals surface area (Å²) in [6.45, 7) is 5.90. The second-order valence-electron chi connectivity index (χ2n) is 8.81. The number of benzene rings is 2. The average Bonchev–Trinajstić information content (AvgIpc) is 3.15. The molecule has 2 aliphatic heterocycles. The molecule has 0 aliphatic carbocycles. The molecule has 2 heterocycles. The molecule has 0 saturated carbocycles. The molecule has 35 heavy (non-hydrogen) atoms. The lowest BCUT2D eigenvalue weighted by Crippen LogP contribution is -2.41. The quantitative estimate of drug-likeness (QED) is 0.464. The third-order valence-electron chi connectivity index (χ3n) is 6.26. The van der Waals surface area contributed by atoms with E-state index in [1.165, 1.54) is 0 Å². The van der Waals surface area contributed by atoms with Crippen molar-refractivity contribution in [3.8, 4) is 0 Å². The van der Waals surface area contributed by atoms with Crippen molar-refractivity contribution in [3.05, 3.63) is 82.9 Å². The Bertz CT molecular complexity index is 1100. The minimum absolute atomic E-state index is 0.169. The van der Waals surface area contributed by atoms with E-state index < -0.39 is 11.9 Å². The Hall–Kier alpha value is -3.78. The van der Waals surface area contributed by atoms with E-state index in [-0.39, 0.29) is 11.7 Å². The van der Waals surface area contributed by atoms with Gasteiger partial charge in [0, 0.05) is 36.4 Å². The third kappa shape index (κ3) is 7.35. The van der Waals surface area contributed by atoms with Crippen LogP contribution in [0.2, 0.25) is 0 Å². The molecule has 0 unspecified atom stereocenters. The Morgan fingerprint density at radius 3 is 2.14 bits per heavy atom. The van der Waals surface area contributed by atoms with Crippen LogP contribution < -0.4 is 0 Å². The lowest BCUT2D eigenvalue weighted by atomic mass is 9.95. The second kappa shape index (κ2) is 12.1. The minimum Gasteiger partial charge on any atom is -0.478 e. The summed E-state index contributed by atoms with van der Waals surface area (Å²) >= 11 is 0. The van der Waals surface area contributed by atoms with Gasteiger partial charge >= 0.3 is 11.9 Å². The van der Waals surface area contributed by atoms with Crippen molar-refractivity contribution in [2.45, 2.75) is 26.3 Å². The number of likely N-dealkylation sites (tertiary alicyclic amines) is 1. The molecule has 0 aromatic heterocycles. The van der Waals surface area contributed by atoms with Crippen molar-refractivity contribution >= 4 is 23.6 Å². The normalized spacial score (nSPS) is 16.0. The Labute approximate surface area is 204 Å². The number of nitrogens with zero attached hydrogens (tertiary/aromatic N) is 2. The maximum Gasteiger partial charge on any atom is 0.328 e. The summed E-state index contributed by atoms with van der Waals surface area (Å²) in [5.41, 5.74) is 3.88. The van der Waals surface area contributed by atoms with E-state index in [4.69, 9.17) is 10.2 Å². The number of carbonyl (C=O) groups is 4. The number of ketones is 1. The number of aryl methyl sites for hydroxylation is 1. The number of fused-ring (bicyclic) bond motifs is 1. The molecule has 1 saturated heterocycles. The molecule has 4 rings (SSSR count). The zero-order chi connectivity index (χ0) is 25.4. The maximum atomic E-state index is 12.6. The van der Waals surface area contributed by atoms with Gasteiger partial charge in [0.2, 0.25) is 0 Å². The van der Waals surface area contributed by atoms with Gasteiger partial charge in [-0.1, -0.05) is 42.5 Å². The standard InChI is InChI=1S/C23H26N2O2.C4H4O4/c1-17-6-2-4-8-20(17)22(26)16-24-12-10-18(11-13-24)14-25-15-19-7-3-5-9-21(19)23(25)27;5-3(6)1-2-4(7)8/h2-9,18H,10-16H2,1H3;1-2H,(H,5,6)(H,7,8). The number of hydrogen-bond donors (Lipinski definition) is 2. The van der Waals surface area contributed by atoms with Crippen LogP contribution in [0, 0.1) is 12.8 Å². The number of carbonyl (C=O) groups excluding carboxylic acids is 2. The first-order valence-corrected chi connectivity index (χ1v) is 11.6. The SMILES string of the molecule is Cc1ccccc1C(=O)CN1CCC(CN2Cc3ccccc3C2=O)CC1.O=C(O)C=CC(=O)O. The molecule has 0 spiro atoms. The number of hydrogen-bond acceptors (Lipinski definition) is 5. The molecule has 1 fully saturated rings. The molecule has 8 heteroatoms. The van der Waals surface area contributed by atoms with Crippen LogP contribution >= 0.6 is 0 Å². The number of piperidine rings is 1. The van der Waals surface area contributed by atoms with Crippen molar-refractivity contribution in [2.24, 2.45) is 5.92 Å². The summed E-state index contributed by atoms with van der Waals surface area (Å²) in [6, 6.07) is 15.7. The van der Waals surface area contributed by atoms with E-state index in [1.54, 1.807) is 0 Å². The van der Waals surface area contributed by atoms with E-state index >= 15 is 0 Å². The van der Waals surface area contributed by atoms with Crippen molar-refractivity contribution in [2.75, 3.05) is 26.2 Å². The highest BCUT2D eigenvalue weighted by molar-refractivity contribution is 5.99. The van der Waals surface area contributed by atoms with Gasteiger partial charge in [-0.2, -0.15) is 0 Å². The molecule has 1 amide bonds. The van der Waals surface area contributed by atoms with Gasteiger partial charge in [-0.15, -0.1) is 0 Å². The van der Waals surface area contributed by atoms with Crippen LogP contribution in [0.15, 0.2) is 60.7 Å². The van der Waals surface area contributed by atoms with Gasteiger partial charge in [0.25, 0.3) is 5.91 Å². The molecular weight excluding hydrogens is 448 g/mol. The molecule has 0 bridgehead atoms. The van der Waals surface area contributed by atoms with E-state index in [9.17, 15) is 19.2 Å². The highest BCUT2D eigenvalue weighted by atomic mass is 16.4. The van der Waals surface area contributed by atoms with Gasteiger partial charge in [0.05, 0.1) is 6.54 Å². The summed E-state index contributed by atoms with van der Waals surface area (Å²) in [5, 5.41) is 15.6. The van der Waals surface area contributed by atoms with Gasteiger partial charge in [-0.05, 0) is 56.0 Å². The molecule has 2 aliphatic rings. The van der Waals surface area contributed by atoms with Gasteiger partial charge in [-0.3, -0.25) is 14.5 Å². The topological polar surface area (TPSA) is 115 Å². The lowest BCUT2D eigenvalue weighted by Gasteiger charge is -2.33. The number of carboxylic acids is 2. The number of aliphatic carboxylic acids is 2. The first kappa shape index (κ1) is 25.8. The fourth-order valence-corrected chi connectivity index (χ4v) is 4.42. The predicted octanol–water partition coefficient (Wildman–Crippen LogP) is 3.26. The smallest absolute Gasteiger partial charge is 0.328 e. The summed E-state index contributed by atoms with van der Waals surface area (Å²) in [6.07, 6.45) is 3.20. The van der Waals surface area contributed by atoms with Crippen LogP contribution in [0.25, 0.3) is 0 Å². The third-order valence-corrected chi connectivity index (χ3v) is 6.26. The summed E-state index contributed by atoms with van der Waals surface area (Å²) in [7, 11) is 0.